The molecule has 3 nitrogen and oxygen atoms in total. The number of thiophene rings is 1. The van der Waals surface area contributed by atoms with E-state index in [2.05, 4.69) is 11.0 Å². The Morgan fingerprint density at radius 2 is 1.78 bits per heavy atom. The predicted octanol–water partition coefficient (Wildman–Crippen LogP) is 4.67. The van der Waals surface area contributed by atoms with E-state index in [-0.39, 0.29) is 5.91 Å². The van der Waals surface area contributed by atoms with Crippen molar-refractivity contribution in [1.82, 2.24) is 9.80 Å². The highest BCUT2D eigenvalue weighted by Gasteiger charge is 2.24. The average molecular weight is 390 g/mol. The second-order valence-electron chi connectivity index (χ2n) is 5.40. The molecule has 1 aliphatic rings. The molecule has 0 atom stereocenters. The van der Waals surface area contributed by atoms with Gasteiger partial charge in [-0.2, -0.15) is 0 Å². The molecule has 1 aliphatic heterocycles. The lowest BCUT2D eigenvalue weighted by atomic mass is 10.1. The van der Waals surface area contributed by atoms with Crippen LogP contribution in [0.4, 0.5) is 0 Å². The normalized spacial score (nSPS) is 15.9. The average Bonchev–Trinajstić information content (AvgIpc) is 2.95. The first kappa shape index (κ1) is 17.1. The first-order chi connectivity index (χ1) is 11.0. The molecule has 0 N–H and O–H groups in total. The van der Waals surface area contributed by atoms with Gasteiger partial charge in [0.05, 0.1) is 14.9 Å². The number of carbonyl (C=O) groups excluding carboxylic acids is 1. The molecular weight excluding hydrogens is 375 g/mol. The van der Waals surface area contributed by atoms with Crippen molar-refractivity contribution in [3.05, 3.63) is 55.2 Å². The molecule has 1 aromatic heterocycles. The van der Waals surface area contributed by atoms with E-state index in [4.69, 9.17) is 34.8 Å². The van der Waals surface area contributed by atoms with Crippen LogP contribution in [-0.2, 0) is 6.54 Å². The number of halogens is 3. The summed E-state index contributed by atoms with van der Waals surface area (Å²) in [6.07, 6.45) is 0. The summed E-state index contributed by atoms with van der Waals surface area (Å²) in [5, 5.41) is 0.959. The van der Waals surface area contributed by atoms with Crippen molar-refractivity contribution in [1.29, 1.82) is 0 Å². The highest BCUT2D eigenvalue weighted by Crippen LogP contribution is 2.25. The lowest BCUT2D eigenvalue weighted by Gasteiger charge is -2.34. The minimum absolute atomic E-state index is 0.0590. The van der Waals surface area contributed by atoms with Gasteiger partial charge >= 0.3 is 0 Å². The Labute approximate surface area is 154 Å². The maximum atomic E-state index is 12.6. The monoisotopic (exact) mass is 388 g/mol. The van der Waals surface area contributed by atoms with Crippen LogP contribution in [0.2, 0.25) is 14.4 Å². The number of hydrogen-bond acceptors (Lipinski definition) is 3. The standard InChI is InChI=1S/C16H15Cl3N2OS/c17-11-1-3-14(18)13(9-11)16(22)21-7-5-20(6-8-21)10-12-2-4-15(19)23-12/h1-4,9H,5-8,10H2. The number of amides is 1. The van der Waals surface area contributed by atoms with Crippen molar-refractivity contribution in [3.63, 3.8) is 0 Å². The van der Waals surface area contributed by atoms with Gasteiger partial charge in [-0.05, 0) is 30.3 Å². The number of hydrogen-bond donors (Lipinski definition) is 0. The van der Waals surface area contributed by atoms with Gasteiger partial charge in [0.25, 0.3) is 5.91 Å². The largest absolute Gasteiger partial charge is 0.336 e. The molecule has 0 saturated carbocycles. The molecule has 0 unspecified atom stereocenters. The van der Waals surface area contributed by atoms with Crippen molar-refractivity contribution >= 4 is 52.0 Å². The van der Waals surface area contributed by atoms with E-state index in [1.165, 1.54) is 4.88 Å². The third-order valence-corrected chi connectivity index (χ3v) is 5.61. The van der Waals surface area contributed by atoms with Gasteiger partial charge in [0, 0.05) is 42.6 Å². The molecule has 1 aromatic carbocycles. The van der Waals surface area contributed by atoms with Gasteiger partial charge in [0.2, 0.25) is 0 Å². The molecule has 23 heavy (non-hydrogen) atoms. The first-order valence-corrected chi connectivity index (χ1v) is 9.19. The van der Waals surface area contributed by atoms with Crippen LogP contribution in [-0.4, -0.2) is 41.9 Å². The Balaban J connectivity index is 1.60. The van der Waals surface area contributed by atoms with Gasteiger partial charge in [0.15, 0.2) is 0 Å². The van der Waals surface area contributed by atoms with Crippen LogP contribution in [0.5, 0.6) is 0 Å². The quantitative estimate of drug-likeness (QED) is 0.762. The van der Waals surface area contributed by atoms with Gasteiger partial charge in [0.1, 0.15) is 0 Å². The minimum Gasteiger partial charge on any atom is -0.336 e. The third kappa shape index (κ3) is 4.20. The SMILES string of the molecule is O=C(c1cc(Cl)ccc1Cl)N1CCN(Cc2ccc(Cl)s2)CC1. The highest BCUT2D eigenvalue weighted by molar-refractivity contribution is 7.16. The second-order valence-corrected chi connectivity index (χ2v) is 8.04. The van der Waals surface area contributed by atoms with E-state index >= 15 is 0 Å². The van der Waals surface area contributed by atoms with Crippen molar-refractivity contribution in [2.24, 2.45) is 0 Å². The van der Waals surface area contributed by atoms with E-state index in [0.717, 1.165) is 24.0 Å². The van der Waals surface area contributed by atoms with E-state index < -0.39 is 0 Å². The second kappa shape index (κ2) is 7.41. The summed E-state index contributed by atoms with van der Waals surface area (Å²) >= 11 is 19.7. The molecule has 3 rings (SSSR count). The van der Waals surface area contributed by atoms with Crippen molar-refractivity contribution in [2.45, 2.75) is 6.54 Å². The highest BCUT2D eigenvalue weighted by atomic mass is 35.5. The molecule has 122 valence electrons. The Bertz CT molecular complexity index is 711. The summed E-state index contributed by atoms with van der Waals surface area (Å²) in [7, 11) is 0. The Morgan fingerprint density at radius 3 is 2.43 bits per heavy atom. The van der Waals surface area contributed by atoms with Crippen LogP contribution in [0.15, 0.2) is 30.3 Å². The topological polar surface area (TPSA) is 23.6 Å². The molecular formula is C16H15Cl3N2OS. The summed E-state index contributed by atoms with van der Waals surface area (Å²) in [6, 6.07) is 8.95. The van der Waals surface area contributed by atoms with Gasteiger partial charge in [-0.15, -0.1) is 11.3 Å². The number of nitrogens with zero attached hydrogens (tertiary/aromatic N) is 2. The predicted molar refractivity (Wildman–Crippen MR) is 97.0 cm³/mol. The molecule has 0 spiro atoms. The molecule has 0 radical (unpaired) electrons. The zero-order valence-corrected chi connectivity index (χ0v) is 15.4. The van der Waals surface area contributed by atoms with Crippen LogP contribution in [0.25, 0.3) is 0 Å². The fourth-order valence-corrected chi connectivity index (χ4v) is 4.10. The van der Waals surface area contributed by atoms with Gasteiger partial charge in [-0.25, -0.2) is 0 Å². The molecule has 0 aliphatic carbocycles. The molecule has 7 heteroatoms. The van der Waals surface area contributed by atoms with Crippen LogP contribution < -0.4 is 0 Å². The Kier molecular flexibility index (Phi) is 5.49. The molecule has 2 aromatic rings. The summed E-state index contributed by atoms with van der Waals surface area (Å²) in [5.74, 6) is -0.0590. The zero-order chi connectivity index (χ0) is 16.4. The van der Waals surface area contributed by atoms with E-state index in [1.807, 2.05) is 11.0 Å². The lowest BCUT2D eigenvalue weighted by molar-refractivity contribution is 0.0630. The van der Waals surface area contributed by atoms with Gasteiger partial charge in [-0.3, -0.25) is 9.69 Å². The van der Waals surface area contributed by atoms with E-state index in [1.54, 1.807) is 29.5 Å². The fraction of sp³-hybridized carbons (Fsp3) is 0.312. The summed E-state index contributed by atoms with van der Waals surface area (Å²) in [5.41, 5.74) is 0.470. The minimum atomic E-state index is -0.0590. The third-order valence-electron chi connectivity index (χ3n) is 3.83. The van der Waals surface area contributed by atoms with Crippen LogP contribution in [0.3, 0.4) is 0 Å². The summed E-state index contributed by atoms with van der Waals surface area (Å²) in [6.45, 7) is 3.90. The van der Waals surface area contributed by atoms with E-state index in [9.17, 15) is 4.79 Å². The maximum absolute atomic E-state index is 12.6. The van der Waals surface area contributed by atoms with Crippen molar-refractivity contribution in [2.75, 3.05) is 26.2 Å². The number of piperazine rings is 1. The van der Waals surface area contributed by atoms with E-state index in [0.29, 0.717) is 28.7 Å². The summed E-state index contributed by atoms with van der Waals surface area (Å²) < 4.78 is 0.810. The molecule has 2 heterocycles. The van der Waals surface area contributed by atoms with Crippen LogP contribution in [0.1, 0.15) is 15.2 Å². The van der Waals surface area contributed by atoms with Gasteiger partial charge in [-0.1, -0.05) is 34.8 Å². The zero-order valence-electron chi connectivity index (χ0n) is 12.3. The van der Waals surface area contributed by atoms with Crippen molar-refractivity contribution in [3.8, 4) is 0 Å². The summed E-state index contributed by atoms with van der Waals surface area (Å²) in [4.78, 5) is 18.0. The smallest absolute Gasteiger partial charge is 0.255 e. The molecule has 0 bridgehead atoms. The number of carbonyl (C=O) groups is 1. The van der Waals surface area contributed by atoms with Crippen molar-refractivity contribution < 1.29 is 4.79 Å². The van der Waals surface area contributed by atoms with Gasteiger partial charge < -0.3 is 4.90 Å². The Morgan fingerprint density at radius 1 is 1.04 bits per heavy atom. The number of benzene rings is 1. The maximum Gasteiger partial charge on any atom is 0.255 e. The fourth-order valence-electron chi connectivity index (χ4n) is 2.60. The Hall–Kier alpha value is -0.780. The first-order valence-electron chi connectivity index (χ1n) is 7.24. The lowest BCUT2D eigenvalue weighted by Crippen LogP contribution is -2.48. The molecule has 1 saturated heterocycles. The molecule has 1 fully saturated rings. The number of rotatable bonds is 3. The molecule has 1 amide bonds. The van der Waals surface area contributed by atoms with Crippen LogP contribution >= 0.6 is 46.1 Å². The van der Waals surface area contributed by atoms with Crippen LogP contribution in [0, 0.1) is 0 Å².